The number of hydrogen-bond acceptors (Lipinski definition) is 4. The predicted molar refractivity (Wildman–Crippen MR) is 118 cm³/mol. The number of methoxy groups -OCH3 is 1. The molecule has 0 aliphatic carbocycles. The van der Waals surface area contributed by atoms with Crippen molar-refractivity contribution in [2.75, 3.05) is 7.11 Å². The van der Waals surface area contributed by atoms with Crippen molar-refractivity contribution in [1.82, 2.24) is 9.55 Å². The van der Waals surface area contributed by atoms with E-state index in [1.807, 2.05) is 27.7 Å². The molecule has 6 nitrogen and oxygen atoms in total. The molecule has 164 valence electrons. The molecular formula is C23H24ClFN2O4. The lowest BCUT2D eigenvalue weighted by atomic mass is 9.87. The molecule has 2 aromatic heterocycles. The van der Waals surface area contributed by atoms with Crippen LogP contribution >= 0.6 is 11.6 Å². The first kappa shape index (κ1) is 22.7. The van der Waals surface area contributed by atoms with Gasteiger partial charge < -0.3 is 14.4 Å². The highest BCUT2D eigenvalue weighted by atomic mass is 35.5. The highest BCUT2D eigenvalue weighted by molar-refractivity contribution is 6.30. The fourth-order valence-corrected chi connectivity index (χ4v) is 3.55. The summed E-state index contributed by atoms with van der Waals surface area (Å²) in [5, 5.41) is 9.70. The smallest absolute Gasteiger partial charge is 0.341 e. The van der Waals surface area contributed by atoms with Crippen LogP contribution in [0.2, 0.25) is 5.02 Å². The Morgan fingerprint density at radius 3 is 2.58 bits per heavy atom. The van der Waals surface area contributed by atoms with Gasteiger partial charge in [0.1, 0.15) is 17.0 Å². The molecule has 0 unspecified atom stereocenters. The van der Waals surface area contributed by atoms with Crippen LogP contribution in [0.3, 0.4) is 0 Å². The number of ether oxygens (including phenoxy) is 1. The summed E-state index contributed by atoms with van der Waals surface area (Å²) in [6.07, 6.45) is 1.40. The highest BCUT2D eigenvalue weighted by Crippen LogP contribution is 2.33. The molecule has 0 radical (unpaired) electrons. The van der Waals surface area contributed by atoms with Gasteiger partial charge in [-0.15, -0.1) is 0 Å². The largest absolute Gasteiger partial charge is 0.481 e. The standard InChI is InChI=1S/C23H24ClFN2O4/c1-12(23(2,3)4)27-11-16(22(29)30)19(28)15-10-14(21(31-5)26-20(15)27)9-13-7-6-8-17(24)18(13)25/h6-8,10-12H,9H2,1-5H3,(H,29,30)/t12-/m1/s1. The third kappa shape index (κ3) is 4.28. The number of benzene rings is 1. The number of hydrogen-bond donors (Lipinski definition) is 1. The molecule has 3 aromatic rings. The van der Waals surface area contributed by atoms with Crippen LogP contribution in [-0.4, -0.2) is 27.7 Å². The number of aromatic nitrogens is 2. The van der Waals surface area contributed by atoms with Gasteiger partial charge in [-0.25, -0.2) is 9.18 Å². The Kier molecular flexibility index (Phi) is 6.09. The van der Waals surface area contributed by atoms with E-state index < -0.39 is 17.2 Å². The molecule has 0 saturated heterocycles. The summed E-state index contributed by atoms with van der Waals surface area (Å²) >= 11 is 5.89. The third-order valence-electron chi connectivity index (χ3n) is 5.55. The molecule has 0 saturated carbocycles. The third-order valence-corrected chi connectivity index (χ3v) is 5.84. The van der Waals surface area contributed by atoms with Gasteiger partial charge in [0, 0.05) is 24.2 Å². The first-order valence-electron chi connectivity index (χ1n) is 9.74. The summed E-state index contributed by atoms with van der Waals surface area (Å²) in [6.45, 7) is 7.96. The number of halogens is 2. The van der Waals surface area contributed by atoms with Gasteiger partial charge in [-0.2, -0.15) is 4.98 Å². The van der Waals surface area contributed by atoms with Crippen molar-refractivity contribution in [2.45, 2.75) is 40.2 Å². The molecule has 1 aromatic carbocycles. The van der Waals surface area contributed by atoms with Crippen molar-refractivity contribution >= 4 is 28.6 Å². The number of carbonyl (C=O) groups is 1. The van der Waals surface area contributed by atoms with Crippen LogP contribution in [0, 0.1) is 11.2 Å². The lowest BCUT2D eigenvalue weighted by molar-refractivity contribution is 0.0694. The van der Waals surface area contributed by atoms with E-state index in [1.165, 1.54) is 25.4 Å². The molecule has 8 heteroatoms. The minimum Gasteiger partial charge on any atom is -0.481 e. The number of fused-ring (bicyclic) bond motifs is 1. The zero-order valence-corrected chi connectivity index (χ0v) is 18.7. The summed E-state index contributed by atoms with van der Waals surface area (Å²) in [5.74, 6) is -1.66. The normalized spacial score (nSPS) is 12.7. The van der Waals surface area contributed by atoms with Crippen molar-refractivity contribution in [2.24, 2.45) is 5.41 Å². The van der Waals surface area contributed by atoms with Gasteiger partial charge in [-0.1, -0.05) is 44.5 Å². The number of aromatic carboxylic acids is 1. The minimum atomic E-state index is -1.32. The second-order valence-corrected chi connectivity index (χ2v) is 8.95. The monoisotopic (exact) mass is 446 g/mol. The maximum atomic E-state index is 14.5. The lowest BCUT2D eigenvalue weighted by Gasteiger charge is -2.31. The van der Waals surface area contributed by atoms with E-state index in [1.54, 1.807) is 16.7 Å². The SMILES string of the molecule is COc1nc2c(cc1Cc1cccc(Cl)c1F)c(=O)c(C(=O)O)cn2[C@H](C)C(C)(C)C. The molecule has 1 atom stereocenters. The first-order chi connectivity index (χ1) is 14.5. The molecule has 31 heavy (non-hydrogen) atoms. The zero-order chi connectivity index (χ0) is 23.1. The Labute approximate surface area is 184 Å². The molecule has 2 heterocycles. The zero-order valence-electron chi connectivity index (χ0n) is 18.0. The van der Waals surface area contributed by atoms with Crippen molar-refractivity contribution in [1.29, 1.82) is 0 Å². The van der Waals surface area contributed by atoms with Crippen molar-refractivity contribution < 1.29 is 19.0 Å². The summed E-state index contributed by atoms with van der Waals surface area (Å²) < 4.78 is 21.6. The van der Waals surface area contributed by atoms with Crippen LogP contribution in [0.1, 0.15) is 55.2 Å². The number of carboxylic acid groups (broad SMARTS) is 1. The first-order valence-corrected chi connectivity index (χ1v) is 10.1. The number of pyridine rings is 2. The van der Waals surface area contributed by atoms with Crippen LogP contribution in [0.5, 0.6) is 5.88 Å². The summed E-state index contributed by atoms with van der Waals surface area (Å²) in [5.41, 5.74) is -0.173. The Hall–Kier alpha value is -2.93. The maximum absolute atomic E-state index is 14.5. The summed E-state index contributed by atoms with van der Waals surface area (Å²) in [4.78, 5) is 29.2. The predicted octanol–water partition coefficient (Wildman–Crippen LogP) is 5.09. The molecular weight excluding hydrogens is 423 g/mol. The van der Waals surface area contributed by atoms with E-state index >= 15 is 0 Å². The summed E-state index contributed by atoms with van der Waals surface area (Å²) in [6, 6.07) is 6.01. The van der Waals surface area contributed by atoms with Gasteiger partial charge >= 0.3 is 5.97 Å². The number of rotatable bonds is 5. The Balaban J connectivity index is 2.32. The lowest BCUT2D eigenvalue weighted by Crippen LogP contribution is -2.27. The van der Waals surface area contributed by atoms with Crippen molar-refractivity contribution in [3.8, 4) is 5.88 Å². The molecule has 0 fully saturated rings. The van der Waals surface area contributed by atoms with Gasteiger partial charge in [0.25, 0.3) is 0 Å². The van der Waals surface area contributed by atoms with Gasteiger partial charge in [0.15, 0.2) is 0 Å². The van der Waals surface area contributed by atoms with Crippen LogP contribution < -0.4 is 10.2 Å². The topological polar surface area (TPSA) is 81.4 Å². The van der Waals surface area contributed by atoms with Crippen molar-refractivity contribution in [3.05, 3.63) is 68.2 Å². The summed E-state index contributed by atoms with van der Waals surface area (Å²) in [7, 11) is 1.44. The Morgan fingerprint density at radius 2 is 2.00 bits per heavy atom. The Bertz CT molecular complexity index is 1230. The van der Waals surface area contributed by atoms with Gasteiger partial charge in [0.05, 0.1) is 17.5 Å². The van der Waals surface area contributed by atoms with E-state index in [0.717, 1.165) is 0 Å². The van der Waals surface area contributed by atoms with Gasteiger partial charge in [-0.3, -0.25) is 4.79 Å². The van der Waals surface area contributed by atoms with Crippen LogP contribution in [0.15, 0.2) is 35.3 Å². The van der Waals surface area contributed by atoms with E-state index in [4.69, 9.17) is 16.3 Å². The minimum absolute atomic E-state index is 0.0141. The van der Waals surface area contributed by atoms with E-state index in [9.17, 15) is 19.1 Å². The highest BCUT2D eigenvalue weighted by Gasteiger charge is 2.26. The van der Waals surface area contributed by atoms with E-state index in [2.05, 4.69) is 4.98 Å². The van der Waals surface area contributed by atoms with Crippen molar-refractivity contribution in [3.63, 3.8) is 0 Å². The quantitative estimate of drug-likeness (QED) is 0.590. The molecule has 3 rings (SSSR count). The van der Waals surface area contributed by atoms with Gasteiger partial charge in [-0.05, 0) is 30.0 Å². The van der Waals surface area contributed by atoms with Crippen LogP contribution in [0.4, 0.5) is 4.39 Å². The molecule has 0 amide bonds. The molecule has 0 aliphatic heterocycles. The molecule has 0 spiro atoms. The average molecular weight is 447 g/mol. The number of nitrogens with zero attached hydrogens (tertiary/aromatic N) is 2. The number of carboxylic acids is 1. The molecule has 0 bridgehead atoms. The van der Waals surface area contributed by atoms with E-state index in [0.29, 0.717) is 16.8 Å². The average Bonchev–Trinajstić information content (AvgIpc) is 2.70. The van der Waals surface area contributed by atoms with Crippen LogP contribution in [-0.2, 0) is 6.42 Å². The molecule has 1 N–H and O–H groups in total. The maximum Gasteiger partial charge on any atom is 0.341 e. The molecule has 0 aliphatic rings. The Morgan fingerprint density at radius 1 is 1.32 bits per heavy atom. The van der Waals surface area contributed by atoms with Gasteiger partial charge in [0.2, 0.25) is 11.3 Å². The second-order valence-electron chi connectivity index (χ2n) is 8.54. The van der Waals surface area contributed by atoms with Crippen LogP contribution in [0.25, 0.3) is 11.0 Å². The van der Waals surface area contributed by atoms with E-state index in [-0.39, 0.29) is 39.7 Å². The fraction of sp³-hybridized carbons (Fsp3) is 0.348. The second kappa shape index (κ2) is 8.30. The fourth-order valence-electron chi connectivity index (χ4n) is 3.35.